The number of hydrogen-bond acceptors (Lipinski definition) is 2. The Balaban J connectivity index is 2.06. The highest BCUT2D eigenvalue weighted by Gasteiger charge is 2.08. The first-order chi connectivity index (χ1) is 8.22. The number of benzene rings is 1. The van der Waals surface area contributed by atoms with Crippen molar-refractivity contribution in [3.63, 3.8) is 0 Å². The molecule has 0 bridgehead atoms. The number of aromatic nitrogens is 1. The molecule has 17 heavy (non-hydrogen) atoms. The van der Waals surface area contributed by atoms with E-state index in [-0.39, 0.29) is 12.5 Å². The van der Waals surface area contributed by atoms with Gasteiger partial charge in [0, 0.05) is 36.3 Å². The van der Waals surface area contributed by atoms with Crippen molar-refractivity contribution in [3.05, 3.63) is 35.0 Å². The molecule has 1 atom stereocenters. The summed E-state index contributed by atoms with van der Waals surface area (Å²) in [5, 5.41) is 14.0. The van der Waals surface area contributed by atoms with Crippen molar-refractivity contribution < 1.29 is 5.11 Å². The van der Waals surface area contributed by atoms with E-state index < -0.39 is 0 Å². The fraction of sp³-hybridized carbons (Fsp3) is 0.385. The molecular formula is C13H17ClN2O. The van der Waals surface area contributed by atoms with Gasteiger partial charge in [-0.3, -0.25) is 0 Å². The van der Waals surface area contributed by atoms with Crippen LogP contribution >= 0.6 is 11.6 Å². The summed E-state index contributed by atoms with van der Waals surface area (Å²) in [6.45, 7) is 3.67. The summed E-state index contributed by atoms with van der Waals surface area (Å²) in [5.41, 5.74) is 2.06. The van der Waals surface area contributed by atoms with Gasteiger partial charge in [0.05, 0.1) is 5.02 Å². The van der Waals surface area contributed by atoms with Gasteiger partial charge in [0.15, 0.2) is 0 Å². The molecule has 0 aliphatic heterocycles. The van der Waals surface area contributed by atoms with Crippen molar-refractivity contribution in [2.24, 2.45) is 5.92 Å². The Morgan fingerprint density at radius 2 is 2.18 bits per heavy atom. The number of halogens is 1. The van der Waals surface area contributed by atoms with E-state index in [0.717, 1.165) is 28.2 Å². The van der Waals surface area contributed by atoms with Gasteiger partial charge in [-0.05, 0) is 12.0 Å². The molecule has 0 saturated carbocycles. The van der Waals surface area contributed by atoms with Crippen LogP contribution < -0.4 is 5.32 Å². The Bertz CT molecular complexity index is 495. The van der Waals surface area contributed by atoms with Gasteiger partial charge in [-0.15, -0.1) is 0 Å². The van der Waals surface area contributed by atoms with Gasteiger partial charge in [0.2, 0.25) is 0 Å². The predicted octanol–water partition coefficient (Wildman–Crippen LogP) is 2.54. The zero-order valence-electron chi connectivity index (χ0n) is 9.83. The number of aliphatic hydroxyl groups excluding tert-OH is 1. The van der Waals surface area contributed by atoms with Crippen molar-refractivity contribution in [1.82, 2.24) is 10.3 Å². The first-order valence-corrected chi connectivity index (χ1v) is 6.17. The minimum Gasteiger partial charge on any atom is -0.396 e. The van der Waals surface area contributed by atoms with Crippen LogP contribution in [0.2, 0.25) is 5.02 Å². The first kappa shape index (κ1) is 12.4. The van der Waals surface area contributed by atoms with E-state index in [4.69, 9.17) is 16.7 Å². The van der Waals surface area contributed by atoms with Crippen LogP contribution in [0.3, 0.4) is 0 Å². The van der Waals surface area contributed by atoms with E-state index in [1.807, 2.05) is 31.2 Å². The van der Waals surface area contributed by atoms with Crippen LogP contribution in [-0.2, 0) is 6.54 Å². The minimum absolute atomic E-state index is 0.202. The zero-order valence-corrected chi connectivity index (χ0v) is 10.6. The number of H-pyrrole nitrogens is 1. The number of fused-ring (bicyclic) bond motifs is 1. The average Bonchev–Trinajstić information content (AvgIpc) is 2.67. The van der Waals surface area contributed by atoms with E-state index >= 15 is 0 Å². The van der Waals surface area contributed by atoms with Gasteiger partial charge in [-0.2, -0.15) is 0 Å². The van der Waals surface area contributed by atoms with Crippen LogP contribution in [0.25, 0.3) is 10.9 Å². The third kappa shape index (κ3) is 2.80. The van der Waals surface area contributed by atoms with Crippen molar-refractivity contribution >= 4 is 22.5 Å². The minimum atomic E-state index is 0.202. The lowest BCUT2D eigenvalue weighted by atomic mass is 10.2. The monoisotopic (exact) mass is 252 g/mol. The molecule has 1 aromatic carbocycles. The molecule has 0 aliphatic carbocycles. The lowest BCUT2D eigenvalue weighted by molar-refractivity contribution is 0.233. The lowest BCUT2D eigenvalue weighted by Gasteiger charge is -2.08. The molecule has 2 aromatic rings. The highest BCUT2D eigenvalue weighted by molar-refractivity contribution is 6.36. The lowest BCUT2D eigenvalue weighted by Crippen LogP contribution is -2.22. The molecule has 0 aliphatic rings. The highest BCUT2D eigenvalue weighted by Crippen LogP contribution is 2.26. The van der Waals surface area contributed by atoms with Gasteiger partial charge in [-0.1, -0.05) is 36.7 Å². The second kappa shape index (κ2) is 5.54. The fourth-order valence-electron chi connectivity index (χ4n) is 1.79. The van der Waals surface area contributed by atoms with Crippen molar-refractivity contribution in [1.29, 1.82) is 0 Å². The van der Waals surface area contributed by atoms with Gasteiger partial charge >= 0.3 is 0 Å². The van der Waals surface area contributed by atoms with E-state index in [1.165, 1.54) is 0 Å². The maximum absolute atomic E-state index is 8.93. The smallest absolute Gasteiger partial charge is 0.0705 e. The normalized spacial score (nSPS) is 13.1. The molecule has 0 amide bonds. The standard InChI is InChI=1S/C13H17ClN2O/c1-9(8-17)6-15-7-12-13(14)10-4-2-3-5-11(10)16-12/h2-5,9,15-17H,6-8H2,1H3. The summed E-state index contributed by atoms with van der Waals surface area (Å²) in [6, 6.07) is 7.99. The van der Waals surface area contributed by atoms with E-state index in [0.29, 0.717) is 6.54 Å². The second-order valence-corrected chi connectivity index (χ2v) is 4.76. The predicted molar refractivity (Wildman–Crippen MR) is 71.3 cm³/mol. The van der Waals surface area contributed by atoms with Crippen LogP contribution in [-0.4, -0.2) is 23.2 Å². The Morgan fingerprint density at radius 3 is 2.88 bits per heavy atom. The third-order valence-corrected chi connectivity index (χ3v) is 3.25. The molecule has 1 aromatic heterocycles. The van der Waals surface area contributed by atoms with Crippen LogP contribution in [0, 0.1) is 5.92 Å². The Hall–Kier alpha value is -1.03. The van der Waals surface area contributed by atoms with Gasteiger partial charge in [-0.25, -0.2) is 0 Å². The van der Waals surface area contributed by atoms with Crippen LogP contribution in [0.15, 0.2) is 24.3 Å². The van der Waals surface area contributed by atoms with Crippen LogP contribution in [0.1, 0.15) is 12.6 Å². The summed E-state index contributed by atoms with van der Waals surface area (Å²) in [5.74, 6) is 0.262. The molecule has 0 spiro atoms. The fourth-order valence-corrected chi connectivity index (χ4v) is 2.07. The van der Waals surface area contributed by atoms with Gasteiger partial charge in [0.25, 0.3) is 0 Å². The van der Waals surface area contributed by atoms with Crippen molar-refractivity contribution in [2.45, 2.75) is 13.5 Å². The molecular weight excluding hydrogens is 236 g/mol. The molecule has 0 fully saturated rings. The second-order valence-electron chi connectivity index (χ2n) is 4.38. The SMILES string of the molecule is CC(CO)CNCc1[nH]c2ccccc2c1Cl. The molecule has 3 nitrogen and oxygen atoms in total. The summed E-state index contributed by atoms with van der Waals surface area (Å²) >= 11 is 6.29. The van der Waals surface area contributed by atoms with Crippen molar-refractivity contribution in [3.8, 4) is 0 Å². The topological polar surface area (TPSA) is 48.0 Å². The molecule has 0 radical (unpaired) electrons. The molecule has 3 N–H and O–H groups in total. The Morgan fingerprint density at radius 1 is 1.41 bits per heavy atom. The largest absolute Gasteiger partial charge is 0.396 e. The molecule has 1 heterocycles. The number of para-hydroxylation sites is 1. The van der Waals surface area contributed by atoms with Gasteiger partial charge < -0.3 is 15.4 Å². The molecule has 2 rings (SSSR count). The average molecular weight is 253 g/mol. The summed E-state index contributed by atoms with van der Waals surface area (Å²) < 4.78 is 0. The summed E-state index contributed by atoms with van der Waals surface area (Å²) in [7, 11) is 0. The van der Waals surface area contributed by atoms with Gasteiger partial charge in [0.1, 0.15) is 0 Å². The quantitative estimate of drug-likeness (QED) is 0.766. The van der Waals surface area contributed by atoms with Crippen LogP contribution in [0.5, 0.6) is 0 Å². The molecule has 1 unspecified atom stereocenters. The number of nitrogens with one attached hydrogen (secondary N) is 2. The number of aromatic amines is 1. The first-order valence-electron chi connectivity index (χ1n) is 5.79. The third-order valence-electron chi connectivity index (χ3n) is 2.82. The maximum atomic E-state index is 8.93. The summed E-state index contributed by atoms with van der Waals surface area (Å²) in [6.07, 6.45) is 0. The maximum Gasteiger partial charge on any atom is 0.0705 e. The number of aliphatic hydroxyl groups is 1. The van der Waals surface area contributed by atoms with E-state index in [2.05, 4.69) is 10.3 Å². The molecule has 4 heteroatoms. The van der Waals surface area contributed by atoms with Crippen LogP contribution in [0.4, 0.5) is 0 Å². The molecule has 92 valence electrons. The van der Waals surface area contributed by atoms with E-state index in [1.54, 1.807) is 0 Å². The number of hydrogen-bond donors (Lipinski definition) is 3. The number of rotatable bonds is 5. The van der Waals surface area contributed by atoms with Crippen molar-refractivity contribution in [2.75, 3.05) is 13.2 Å². The highest BCUT2D eigenvalue weighted by atomic mass is 35.5. The Kier molecular flexibility index (Phi) is 4.05. The zero-order chi connectivity index (χ0) is 12.3. The molecule has 0 saturated heterocycles. The summed E-state index contributed by atoms with van der Waals surface area (Å²) in [4.78, 5) is 3.30. The van der Waals surface area contributed by atoms with E-state index in [9.17, 15) is 0 Å². The Labute approximate surface area is 106 Å².